The Morgan fingerprint density at radius 2 is 1.78 bits per heavy atom. The van der Waals surface area contributed by atoms with Crippen molar-refractivity contribution in [3.05, 3.63) is 36.1 Å². The summed E-state index contributed by atoms with van der Waals surface area (Å²) in [6, 6.07) is 3.60. The molecule has 18 atom stereocenters. The van der Waals surface area contributed by atoms with E-state index < -0.39 is 82.1 Å². The number of hydrogen-bond donors (Lipinski definition) is 10. The fraction of sp³-hybridized carbons (Fsp3) is 0.814. The highest BCUT2D eigenvalue weighted by atomic mass is 33.1. The average molecular weight is 1120 g/mol. The van der Waals surface area contributed by atoms with Gasteiger partial charge in [-0.25, -0.2) is 0 Å². The minimum absolute atomic E-state index is 0.00487. The van der Waals surface area contributed by atoms with Gasteiger partial charge in [-0.15, -0.1) is 0 Å². The van der Waals surface area contributed by atoms with Crippen LogP contribution in [-0.2, 0) is 20.7 Å². The van der Waals surface area contributed by atoms with Crippen molar-refractivity contribution < 1.29 is 69.0 Å². The Hall–Kier alpha value is -2.17. The van der Waals surface area contributed by atoms with Gasteiger partial charge in [0.2, 0.25) is 12.0 Å². The van der Waals surface area contributed by atoms with Crippen LogP contribution in [0.25, 0.3) is 11.0 Å². The van der Waals surface area contributed by atoms with Crippen LogP contribution in [0.3, 0.4) is 0 Å². The number of ether oxygens (including phenoxy) is 4. The van der Waals surface area contributed by atoms with Crippen LogP contribution < -0.4 is 20.1 Å². The zero-order chi connectivity index (χ0) is 54.4. The number of benzene rings is 1. The molecular weight excluding hydrogens is 1020 g/mol. The van der Waals surface area contributed by atoms with Crippen LogP contribution in [0.2, 0.25) is 0 Å². The maximum Gasteiger partial charge on any atom is 0.306 e. The van der Waals surface area contributed by atoms with E-state index in [1.54, 1.807) is 42.2 Å². The minimum atomic E-state index is -2.50. The number of carbonyl (C=O) groups is 1. The highest BCUT2D eigenvalue weighted by molar-refractivity contribution is 8.77. The van der Waals surface area contributed by atoms with Crippen molar-refractivity contribution in [1.29, 1.82) is 0 Å². The third-order valence-corrected chi connectivity index (χ3v) is 24.2. The lowest BCUT2D eigenvalue weighted by atomic mass is 9.50. The van der Waals surface area contributed by atoms with Crippen LogP contribution in [0, 0.1) is 46.8 Å². The fourth-order valence-corrected chi connectivity index (χ4v) is 21.2. The first-order chi connectivity index (χ1) is 37.0. The van der Waals surface area contributed by atoms with Gasteiger partial charge in [0.05, 0.1) is 30.7 Å². The molecule has 3 spiro atoms. The molecule has 1 aromatic carbocycles. The molecule has 8 aliphatic rings. The van der Waals surface area contributed by atoms with Crippen molar-refractivity contribution in [2.75, 3.05) is 52.3 Å². The zero-order valence-electron chi connectivity index (χ0n) is 45.8. The first-order valence-electron chi connectivity index (χ1n) is 29.5. The standard InChI is InChI=1S/C59H90N2O14S2/c1-4-71-47(66)15-12-39-29-40-19-27-72-49(40)51-50(39)74-53-59(70)48-41(11-13-43(64)42(48)34-63)32-57(69,52(59)67)58(75-53)35-76-77-56(45(61-25-28-73-51)14-10-36(2)7-5-9-46(58)65)24-23-54(20-16-38(30-54)33-60-3)44(56)18-22-55(68)21-17-37(31-55)8-6-26-62/h11,13,19,27,29,36-38,41-46,48,52-53,60-65,67-70H,4-10,12,14-18,20-26,28,30-35H2,1-3H3/t36-,37-,38+,41+,42+,43+,44+,45+,46-,48+,52+,53-,54+,55+,56+,57+,58-,59-/m1/s1. The third kappa shape index (κ3) is 10.6. The predicted molar refractivity (Wildman–Crippen MR) is 295 cm³/mol. The lowest BCUT2D eigenvalue weighted by Gasteiger charge is -2.67. The van der Waals surface area contributed by atoms with Crippen molar-refractivity contribution in [3.63, 3.8) is 0 Å². The van der Waals surface area contributed by atoms with Crippen LogP contribution >= 0.6 is 21.6 Å². The van der Waals surface area contributed by atoms with Crippen LogP contribution in [0.1, 0.15) is 141 Å². The monoisotopic (exact) mass is 1110 g/mol. The number of nitrogens with one attached hydrogen (secondary N) is 2. The van der Waals surface area contributed by atoms with E-state index in [1.165, 1.54) is 0 Å². The van der Waals surface area contributed by atoms with Gasteiger partial charge in [0.25, 0.3) is 0 Å². The topological polar surface area (TPSA) is 253 Å². The van der Waals surface area contributed by atoms with Gasteiger partial charge in [0.15, 0.2) is 16.9 Å². The van der Waals surface area contributed by atoms with E-state index in [2.05, 4.69) is 17.6 Å². The minimum Gasteiger partial charge on any atom is -0.485 e. The van der Waals surface area contributed by atoms with Gasteiger partial charge in [-0.2, -0.15) is 0 Å². The molecule has 10 N–H and O–H groups in total. The Kier molecular flexibility index (Phi) is 17.8. The molecule has 18 heteroatoms. The van der Waals surface area contributed by atoms with Gasteiger partial charge in [-0.05, 0) is 182 Å². The maximum atomic E-state index is 13.8. The largest absolute Gasteiger partial charge is 0.485 e. The normalized spacial score (nSPS) is 43.3. The molecule has 0 unspecified atom stereocenters. The molecular formula is C59H90N2O14S2. The van der Waals surface area contributed by atoms with Crippen LogP contribution in [0.15, 0.2) is 35.0 Å². The van der Waals surface area contributed by atoms with E-state index in [1.807, 2.05) is 23.9 Å². The molecule has 5 aliphatic carbocycles. The number of aliphatic hydroxyl groups is 8. The SMILES string of the molecule is CCOC(=O)CCc1cc2ccoc2c2c1O[C@@H]1O[C@@]3(CSS[C@]4(CC[C@]5(CC[C@H](CNC)C5)[C@@H]4CC[C@@]4(O)CC[C@@H](CCCO)C4)[C@H](CC[C@H](C)CCC[C@H]3O)NCCO2)[C@]2(O)C[C@@H]3C=C[C@H](O)[C@H](CO)[C@H]3[C@@]1(O)[C@H]2O. The molecule has 2 saturated heterocycles. The fourth-order valence-electron chi connectivity index (χ4n) is 17.0. The van der Waals surface area contributed by atoms with Gasteiger partial charge >= 0.3 is 5.97 Å². The number of carbonyl (C=O) groups excluding carboxylic acids is 1. The van der Waals surface area contributed by atoms with Gasteiger partial charge in [-0.3, -0.25) is 4.79 Å². The summed E-state index contributed by atoms with van der Waals surface area (Å²) in [7, 11) is 5.40. The Balaban J connectivity index is 1.14. The predicted octanol–water partition coefficient (Wildman–Crippen LogP) is 6.33. The summed E-state index contributed by atoms with van der Waals surface area (Å²) in [6.07, 6.45) is 12.6. The van der Waals surface area contributed by atoms with Crippen LogP contribution in [0.4, 0.5) is 0 Å². The van der Waals surface area contributed by atoms with Crippen molar-refractivity contribution in [2.45, 2.75) is 200 Å². The number of aryl methyl sites for hydroxylation is 1. The van der Waals surface area contributed by atoms with Gasteiger partial charge in [0, 0.05) is 59.9 Å². The number of furan rings is 1. The summed E-state index contributed by atoms with van der Waals surface area (Å²) < 4.78 is 32.6. The number of rotatable bonds is 13. The Labute approximate surface area is 462 Å². The zero-order valence-corrected chi connectivity index (χ0v) is 47.4. The molecule has 2 aromatic rings. The number of aliphatic hydroxyl groups excluding tert-OH is 5. The van der Waals surface area contributed by atoms with Crippen LogP contribution in [-0.4, -0.2) is 157 Å². The lowest BCUT2D eigenvalue weighted by molar-refractivity contribution is -0.424. The summed E-state index contributed by atoms with van der Waals surface area (Å²) >= 11 is 0. The number of hydrogen-bond acceptors (Lipinski definition) is 18. The lowest BCUT2D eigenvalue weighted by Crippen LogP contribution is -2.86. The van der Waals surface area contributed by atoms with Crippen molar-refractivity contribution >= 4 is 38.5 Å². The van der Waals surface area contributed by atoms with E-state index in [4.69, 9.17) is 23.4 Å². The van der Waals surface area contributed by atoms with Crippen molar-refractivity contribution in [3.8, 4) is 11.5 Å². The van der Waals surface area contributed by atoms with E-state index in [0.717, 1.165) is 96.4 Å². The molecule has 77 heavy (non-hydrogen) atoms. The first kappa shape index (κ1) is 58.0. The number of esters is 1. The van der Waals surface area contributed by atoms with Crippen LogP contribution in [0.5, 0.6) is 11.5 Å². The Bertz CT molecular complexity index is 2380. The smallest absolute Gasteiger partial charge is 0.306 e. The Morgan fingerprint density at radius 3 is 2.57 bits per heavy atom. The summed E-state index contributed by atoms with van der Waals surface area (Å²) in [6.45, 7) is 5.35. The Morgan fingerprint density at radius 1 is 0.948 bits per heavy atom. The molecule has 4 heterocycles. The number of fused-ring (bicyclic) bond motifs is 11. The molecule has 0 amide bonds. The number of allylic oxidation sites excluding steroid dienone is 1. The molecule has 0 radical (unpaired) electrons. The highest BCUT2D eigenvalue weighted by Gasteiger charge is 2.78. The highest BCUT2D eigenvalue weighted by Crippen LogP contribution is 2.69. The molecule has 10 rings (SSSR count). The molecule has 4 saturated carbocycles. The second-order valence-electron chi connectivity index (χ2n) is 25.2. The molecule has 5 bridgehead atoms. The van der Waals surface area contributed by atoms with E-state index >= 15 is 0 Å². The molecule has 3 aliphatic heterocycles. The van der Waals surface area contributed by atoms with Crippen molar-refractivity contribution in [2.24, 2.45) is 46.8 Å². The summed E-state index contributed by atoms with van der Waals surface area (Å²) in [5, 5.41) is 107. The van der Waals surface area contributed by atoms with Gasteiger partial charge in [0.1, 0.15) is 23.9 Å². The van der Waals surface area contributed by atoms with E-state index in [9.17, 15) is 45.6 Å². The van der Waals surface area contributed by atoms with Crippen molar-refractivity contribution in [1.82, 2.24) is 10.6 Å². The second-order valence-corrected chi connectivity index (χ2v) is 27.9. The molecule has 1 aromatic heterocycles. The molecule has 6 fully saturated rings. The summed E-state index contributed by atoms with van der Waals surface area (Å²) in [5.41, 5.74) is -6.70. The van der Waals surface area contributed by atoms with Gasteiger partial charge < -0.3 is 74.9 Å². The maximum absolute atomic E-state index is 13.8. The average Bonchev–Trinajstić information content (AvgIpc) is 4.32. The molecule has 16 nitrogen and oxygen atoms in total. The van der Waals surface area contributed by atoms with E-state index in [-0.39, 0.29) is 86.0 Å². The van der Waals surface area contributed by atoms with Gasteiger partial charge in [-0.1, -0.05) is 53.5 Å². The molecule has 432 valence electrons. The third-order valence-electron chi connectivity index (χ3n) is 20.8. The summed E-state index contributed by atoms with van der Waals surface area (Å²) in [4.78, 5) is 13.1. The summed E-state index contributed by atoms with van der Waals surface area (Å²) in [5.74, 6) is -1.61. The second kappa shape index (κ2) is 23.6. The first-order valence-corrected chi connectivity index (χ1v) is 31.8. The quantitative estimate of drug-likeness (QED) is 0.0597. The van der Waals surface area contributed by atoms with E-state index in [0.29, 0.717) is 47.8 Å².